The summed E-state index contributed by atoms with van der Waals surface area (Å²) in [4.78, 5) is 12.9. The van der Waals surface area contributed by atoms with E-state index in [1.165, 1.54) is 57.8 Å². The van der Waals surface area contributed by atoms with E-state index in [-0.39, 0.29) is 6.61 Å². The Morgan fingerprint density at radius 1 is 0.739 bits per heavy atom. The van der Waals surface area contributed by atoms with Crippen LogP contribution in [0.15, 0.2) is 24.3 Å². The van der Waals surface area contributed by atoms with Gasteiger partial charge in [-0.1, -0.05) is 122 Å². The summed E-state index contributed by atoms with van der Waals surface area (Å²) >= 11 is 0. The van der Waals surface area contributed by atoms with Crippen LogP contribution in [0, 0.1) is 0 Å². The van der Waals surface area contributed by atoms with Gasteiger partial charge in [0.25, 0.3) is 0 Å². The molecule has 0 aliphatic carbocycles. The van der Waals surface area contributed by atoms with Crippen LogP contribution >= 0.6 is 0 Å². The Morgan fingerprint density at radius 3 is 1.89 bits per heavy atom. The van der Waals surface area contributed by atoms with Crippen LogP contribution in [0.5, 0.6) is 0 Å². The molecule has 270 valence electrons. The summed E-state index contributed by atoms with van der Waals surface area (Å²) in [7, 11) is 0. The number of rotatable bonds is 28. The summed E-state index contributed by atoms with van der Waals surface area (Å²) in [5.74, 6) is -0.632. The Labute approximate surface area is 278 Å². The van der Waals surface area contributed by atoms with Gasteiger partial charge in [-0.2, -0.15) is 0 Å². The minimum absolute atomic E-state index is 0.295. The van der Waals surface area contributed by atoms with Gasteiger partial charge < -0.3 is 45.4 Å². The largest absolute Gasteiger partial charge is 0.394 e. The lowest BCUT2D eigenvalue weighted by molar-refractivity contribution is -0.302. The van der Waals surface area contributed by atoms with E-state index in [9.17, 15) is 35.4 Å². The Hall–Kier alpha value is -1.37. The molecule has 0 aromatic rings. The van der Waals surface area contributed by atoms with Gasteiger partial charge in [0.15, 0.2) is 6.29 Å². The van der Waals surface area contributed by atoms with Crippen LogP contribution in [0.4, 0.5) is 0 Å². The van der Waals surface area contributed by atoms with Crippen molar-refractivity contribution in [3.8, 4) is 0 Å². The standard InChI is InChI=1S/C36H67NO9/c1-3-5-7-9-11-13-15-17-18-20-22-24-29(39)28(27-45-36-34(43)33(42)32(41)31(26-38)46-36)37-35(44)30(40)25-23-21-19-16-14-12-10-8-6-4-2/h10,12,22,24,28-34,36,38-43H,3-9,11,13-21,23,25-27H2,1-2H3,(H,37,44)/b12-10-,24-22+. The van der Waals surface area contributed by atoms with E-state index in [2.05, 4.69) is 31.3 Å². The molecule has 0 radical (unpaired) electrons. The van der Waals surface area contributed by atoms with Gasteiger partial charge in [0.05, 0.1) is 25.4 Å². The number of allylic oxidation sites excluding steroid dienone is 3. The number of carbonyl (C=O) groups is 1. The zero-order chi connectivity index (χ0) is 34.0. The molecule has 7 N–H and O–H groups in total. The molecule has 0 spiro atoms. The number of unbranched alkanes of at least 4 members (excludes halogenated alkanes) is 15. The molecule has 1 amide bonds. The highest BCUT2D eigenvalue weighted by molar-refractivity contribution is 5.80. The molecule has 8 atom stereocenters. The quantitative estimate of drug-likeness (QED) is 0.0471. The molecule has 0 aromatic heterocycles. The van der Waals surface area contributed by atoms with Gasteiger partial charge in [-0.15, -0.1) is 0 Å². The first-order valence-electron chi connectivity index (χ1n) is 18.2. The van der Waals surface area contributed by atoms with Crippen molar-refractivity contribution in [2.24, 2.45) is 0 Å². The number of carbonyl (C=O) groups excluding carboxylic acids is 1. The van der Waals surface area contributed by atoms with E-state index >= 15 is 0 Å². The molecule has 1 saturated heterocycles. The van der Waals surface area contributed by atoms with Gasteiger partial charge >= 0.3 is 0 Å². The van der Waals surface area contributed by atoms with Crippen LogP contribution in [0.25, 0.3) is 0 Å². The maximum atomic E-state index is 12.9. The van der Waals surface area contributed by atoms with Crippen LogP contribution in [-0.2, 0) is 14.3 Å². The Kier molecular flexibility index (Phi) is 25.6. The molecule has 10 heteroatoms. The van der Waals surface area contributed by atoms with E-state index in [4.69, 9.17) is 9.47 Å². The SMILES string of the molecule is CCCC/C=C\CCCCCCC(O)C(=O)NC(COC1OC(CO)C(O)C(O)C1O)C(O)/C=C/CCCCCCCCCCC. The lowest BCUT2D eigenvalue weighted by atomic mass is 9.99. The van der Waals surface area contributed by atoms with E-state index in [0.717, 1.165) is 51.4 Å². The third-order valence-corrected chi connectivity index (χ3v) is 8.63. The highest BCUT2D eigenvalue weighted by Crippen LogP contribution is 2.22. The van der Waals surface area contributed by atoms with Crippen molar-refractivity contribution < 1.29 is 44.9 Å². The van der Waals surface area contributed by atoms with Gasteiger partial charge in [-0.25, -0.2) is 0 Å². The first-order chi connectivity index (χ1) is 22.3. The van der Waals surface area contributed by atoms with E-state index in [1.54, 1.807) is 6.08 Å². The summed E-state index contributed by atoms with van der Waals surface area (Å²) in [6.07, 6.45) is 18.5. The topological polar surface area (TPSA) is 169 Å². The first-order valence-corrected chi connectivity index (χ1v) is 18.2. The second kappa shape index (κ2) is 27.6. The van der Waals surface area contributed by atoms with Crippen molar-refractivity contribution in [2.75, 3.05) is 13.2 Å². The highest BCUT2D eigenvalue weighted by atomic mass is 16.7. The minimum atomic E-state index is -1.61. The molecule has 0 bridgehead atoms. The summed E-state index contributed by atoms with van der Waals surface area (Å²) in [6.45, 7) is 3.49. The number of ether oxygens (including phenoxy) is 2. The second-order valence-corrected chi connectivity index (χ2v) is 12.8. The third-order valence-electron chi connectivity index (χ3n) is 8.63. The van der Waals surface area contributed by atoms with Gasteiger partial charge in [-0.05, 0) is 38.5 Å². The zero-order valence-corrected chi connectivity index (χ0v) is 28.7. The summed E-state index contributed by atoms with van der Waals surface area (Å²) in [6, 6.07) is -0.978. The van der Waals surface area contributed by atoms with Crippen molar-refractivity contribution >= 4 is 5.91 Å². The fraction of sp³-hybridized carbons (Fsp3) is 0.861. The van der Waals surface area contributed by atoms with Gasteiger partial charge in [0.2, 0.25) is 5.91 Å². The van der Waals surface area contributed by atoms with Crippen molar-refractivity contribution in [2.45, 2.75) is 185 Å². The lowest BCUT2D eigenvalue weighted by Crippen LogP contribution is -2.60. The fourth-order valence-corrected chi connectivity index (χ4v) is 5.49. The molecule has 10 nitrogen and oxygen atoms in total. The Balaban J connectivity index is 2.59. The van der Waals surface area contributed by atoms with Crippen molar-refractivity contribution in [1.82, 2.24) is 5.32 Å². The lowest BCUT2D eigenvalue weighted by Gasteiger charge is -2.40. The maximum Gasteiger partial charge on any atom is 0.249 e. The average Bonchev–Trinajstić information content (AvgIpc) is 3.05. The molecular weight excluding hydrogens is 590 g/mol. The number of hydrogen-bond donors (Lipinski definition) is 7. The number of hydrogen-bond acceptors (Lipinski definition) is 9. The van der Waals surface area contributed by atoms with Crippen LogP contribution in [0.3, 0.4) is 0 Å². The predicted octanol–water partition coefficient (Wildman–Crippen LogP) is 4.57. The molecule has 1 aliphatic heterocycles. The van der Waals surface area contributed by atoms with E-state index in [1.807, 2.05) is 6.08 Å². The Bertz CT molecular complexity index is 793. The molecule has 8 unspecified atom stereocenters. The summed E-state index contributed by atoms with van der Waals surface area (Å²) in [5.41, 5.74) is 0. The van der Waals surface area contributed by atoms with Gasteiger partial charge in [-0.3, -0.25) is 4.79 Å². The smallest absolute Gasteiger partial charge is 0.249 e. The molecule has 1 rings (SSSR count). The predicted molar refractivity (Wildman–Crippen MR) is 181 cm³/mol. The van der Waals surface area contributed by atoms with Crippen LogP contribution in [0.1, 0.15) is 136 Å². The van der Waals surface area contributed by atoms with Gasteiger partial charge in [0, 0.05) is 0 Å². The van der Waals surface area contributed by atoms with E-state index in [0.29, 0.717) is 12.8 Å². The zero-order valence-electron chi connectivity index (χ0n) is 28.7. The summed E-state index contributed by atoms with van der Waals surface area (Å²) in [5, 5.41) is 64.0. The maximum absolute atomic E-state index is 12.9. The molecule has 1 fully saturated rings. The summed E-state index contributed by atoms with van der Waals surface area (Å²) < 4.78 is 11.0. The second-order valence-electron chi connectivity index (χ2n) is 12.8. The molecule has 46 heavy (non-hydrogen) atoms. The van der Waals surface area contributed by atoms with Gasteiger partial charge in [0.1, 0.15) is 30.5 Å². The fourth-order valence-electron chi connectivity index (χ4n) is 5.49. The number of nitrogens with one attached hydrogen (secondary N) is 1. The average molecular weight is 658 g/mol. The van der Waals surface area contributed by atoms with Crippen LogP contribution < -0.4 is 5.32 Å². The van der Waals surface area contributed by atoms with Crippen LogP contribution in [0.2, 0.25) is 0 Å². The number of aliphatic hydroxyl groups is 6. The monoisotopic (exact) mass is 657 g/mol. The molecule has 1 aliphatic rings. The van der Waals surface area contributed by atoms with E-state index < -0.39 is 61.5 Å². The number of amides is 1. The normalized spacial score (nSPS) is 24.0. The molecule has 1 heterocycles. The van der Waals surface area contributed by atoms with Crippen molar-refractivity contribution in [1.29, 1.82) is 0 Å². The first kappa shape index (κ1) is 42.7. The molecule has 0 saturated carbocycles. The van der Waals surface area contributed by atoms with Crippen LogP contribution in [-0.4, -0.2) is 98.7 Å². The molecular formula is C36H67NO9. The minimum Gasteiger partial charge on any atom is -0.394 e. The van der Waals surface area contributed by atoms with Crippen molar-refractivity contribution in [3.63, 3.8) is 0 Å². The highest BCUT2D eigenvalue weighted by Gasteiger charge is 2.44. The molecule has 0 aromatic carbocycles. The Morgan fingerprint density at radius 2 is 1.28 bits per heavy atom. The van der Waals surface area contributed by atoms with Crippen molar-refractivity contribution in [3.05, 3.63) is 24.3 Å². The third kappa shape index (κ3) is 18.8. The number of aliphatic hydroxyl groups excluding tert-OH is 6.